The Bertz CT molecular complexity index is 461. The molecule has 0 radical (unpaired) electrons. The van der Waals surface area contributed by atoms with E-state index < -0.39 is 6.10 Å². The summed E-state index contributed by atoms with van der Waals surface area (Å²) >= 11 is 0. The van der Waals surface area contributed by atoms with Crippen LogP contribution in [0.5, 0.6) is 0 Å². The van der Waals surface area contributed by atoms with Gasteiger partial charge >= 0.3 is 0 Å². The van der Waals surface area contributed by atoms with Crippen LogP contribution >= 0.6 is 0 Å². The van der Waals surface area contributed by atoms with Crippen LogP contribution in [0.3, 0.4) is 0 Å². The average Bonchev–Trinajstić information content (AvgIpc) is 2.44. The number of β-amino-alcohol motifs (C(OH)–C–C–N with tert-alkyl or cyclic N) is 1. The second-order valence-corrected chi connectivity index (χ2v) is 5.89. The molecule has 1 fully saturated rings. The zero-order valence-electron chi connectivity index (χ0n) is 12.8. The number of carbonyl (C=O) groups excluding carboxylic acids is 1. The summed E-state index contributed by atoms with van der Waals surface area (Å²) in [6, 6.07) is 8.19. The molecule has 5 nitrogen and oxygen atoms in total. The third kappa shape index (κ3) is 5.12. The first-order valence-electron chi connectivity index (χ1n) is 7.47. The number of hydrogen-bond acceptors (Lipinski definition) is 4. The van der Waals surface area contributed by atoms with Gasteiger partial charge < -0.3 is 15.7 Å². The van der Waals surface area contributed by atoms with Crippen LogP contribution in [0.2, 0.25) is 0 Å². The highest BCUT2D eigenvalue weighted by Crippen LogP contribution is 2.06. The van der Waals surface area contributed by atoms with E-state index in [0.29, 0.717) is 13.1 Å². The minimum Gasteiger partial charge on any atom is -0.390 e. The zero-order valence-corrected chi connectivity index (χ0v) is 12.8. The van der Waals surface area contributed by atoms with E-state index in [-0.39, 0.29) is 11.9 Å². The summed E-state index contributed by atoms with van der Waals surface area (Å²) in [5.74, 6) is -0.0319. The molecule has 1 amide bonds. The molecular formula is C16H25N3O2. The van der Waals surface area contributed by atoms with Crippen molar-refractivity contribution in [1.82, 2.24) is 15.5 Å². The summed E-state index contributed by atoms with van der Waals surface area (Å²) in [6.07, 6.45) is 0.277. The van der Waals surface area contributed by atoms with Gasteiger partial charge in [0.25, 0.3) is 0 Å². The first-order valence-corrected chi connectivity index (χ1v) is 7.47. The molecule has 5 heteroatoms. The standard InChI is InChI=1S/C16H25N3O2/c1-12-3-5-13(6-4-12)10-19(2)11-16(21)18-14-7-8-17-9-15(14)20/h3-6,14-15,17,20H,7-11H2,1-2H3,(H,18,21)/t14-,15-/m1/s1. The molecule has 1 heterocycles. The van der Waals surface area contributed by atoms with Gasteiger partial charge in [-0.2, -0.15) is 0 Å². The van der Waals surface area contributed by atoms with Crippen molar-refractivity contribution in [3.63, 3.8) is 0 Å². The highest BCUT2D eigenvalue weighted by molar-refractivity contribution is 5.78. The van der Waals surface area contributed by atoms with Gasteiger partial charge in [0, 0.05) is 13.1 Å². The van der Waals surface area contributed by atoms with E-state index >= 15 is 0 Å². The van der Waals surface area contributed by atoms with E-state index in [2.05, 4.69) is 41.8 Å². The summed E-state index contributed by atoms with van der Waals surface area (Å²) < 4.78 is 0. The molecule has 3 N–H and O–H groups in total. The van der Waals surface area contributed by atoms with Gasteiger partial charge in [0.05, 0.1) is 18.7 Å². The van der Waals surface area contributed by atoms with Crippen molar-refractivity contribution < 1.29 is 9.90 Å². The average molecular weight is 291 g/mol. The Morgan fingerprint density at radius 1 is 1.43 bits per heavy atom. The number of rotatable bonds is 5. The van der Waals surface area contributed by atoms with Gasteiger partial charge in [-0.15, -0.1) is 0 Å². The lowest BCUT2D eigenvalue weighted by Gasteiger charge is -2.29. The van der Waals surface area contributed by atoms with Crippen molar-refractivity contribution in [2.75, 3.05) is 26.7 Å². The van der Waals surface area contributed by atoms with E-state index in [1.807, 2.05) is 11.9 Å². The van der Waals surface area contributed by atoms with Crippen molar-refractivity contribution in [2.24, 2.45) is 0 Å². The molecule has 1 saturated heterocycles. The molecule has 1 aromatic carbocycles. The predicted molar refractivity (Wildman–Crippen MR) is 82.9 cm³/mol. The quantitative estimate of drug-likeness (QED) is 0.728. The first-order chi connectivity index (χ1) is 10.0. The monoisotopic (exact) mass is 291 g/mol. The Hall–Kier alpha value is -1.43. The number of amides is 1. The molecule has 21 heavy (non-hydrogen) atoms. The lowest BCUT2D eigenvalue weighted by atomic mass is 10.0. The second-order valence-electron chi connectivity index (χ2n) is 5.89. The molecule has 2 atom stereocenters. The fourth-order valence-corrected chi connectivity index (χ4v) is 2.57. The smallest absolute Gasteiger partial charge is 0.234 e. The van der Waals surface area contributed by atoms with E-state index in [4.69, 9.17) is 0 Å². The zero-order chi connectivity index (χ0) is 15.2. The minimum absolute atomic E-state index is 0.0319. The van der Waals surface area contributed by atoms with Gasteiger partial charge in [-0.1, -0.05) is 29.8 Å². The Morgan fingerprint density at radius 3 is 2.81 bits per heavy atom. The SMILES string of the molecule is Cc1ccc(CN(C)CC(=O)N[C@@H]2CCNC[C@H]2O)cc1. The van der Waals surface area contributed by atoms with Crippen molar-refractivity contribution in [3.05, 3.63) is 35.4 Å². The number of aryl methyl sites for hydroxylation is 1. The Balaban J connectivity index is 1.77. The number of piperidine rings is 1. The van der Waals surface area contributed by atoms with Crippen LogP contribution in [0.4, 0.5) is 0 Å². The summed E-state index contributed by atoms with van der Waals surface area (Å²) in [5, 5.41) is 15.9. The molecule has 0 spiro atoms. The topological polar surface area (TPSA) is 64.6 Å². The van der Waals surface area contributed by atoms with Crippen LogP contribution in [0, 0.1) is 6.92 Å². The summed E-state index contributed by atoms with van der Waals surface area (Å²) in [4.78, 5) is 14.0. The molecule has 1 aromatic rings. The van der Waals surface area contributed by atoms with Crippen LogP contribution in [0.1, 0.15) is 17.5 Å². The molecule has 2 rings (SSSR count). The van der Waals surface area contributed by atoms with Gasteiger partial charge in [0.2, 0.25) is 5.91 Å². The van der Waals surface area contributed by atoms with Crippen molar-refractivity contribution in [3.8, 4) is 0 Å². The molecular weight excluding hydrogens is 266 g/mol. The summed E-state index contributed by atoms with van der Waals surface area (Å²) in [7, 11) is 1.93. The fourth-order valence-electron chi connectivity index (χ4n) is 2.57. The van der Waals surface area contributed by atoms with Crippen molar-refractivity contribution >= 4 is 5.91 Å². The maximum Gasteiger partial charge on any atom is 0.234 e. The lowest BCUT2D eigenvalue weighted by Crippen LogP contribution is -2.54. The Kier molecular flexibility index (Phi) is 5.73. The summed E-state index contributed by atoms with van der Waals surface area (Å²) in [6.45, 7) is 4.52. The third-order valence-corrected chi connectivity index (χ3v) is 3.78. The largest absolute Gasteiger partial charge is 0.390 e. The van der Waals surface area contributed by atoms with Gasteiger partial charge in [0.1, 0.15) is 0 Å². The van der Waals surface area contributed by atoms with Crippen LogP contribution in [-0.2, 0) is 11.3 Å². The van der Waals surface area contributed by atoms with Gasteiger partial charge in [-0.3, -0.25) is 9.69 Å². The maximum absolute atomic E-state index is 12.0. The number of aliphatic hydroxyl groups excluding tert-OH is 1. The van der Waals surface area contributed by atoms with Crippen LogP contribution in [0.25, 0.3) is 0 Å². The van der Waals surface area contributed by atoms with Crippen molar-refractivity contribution in [2.45, 2.75) is 32.0 Å². The normalized spacial score (nSPS) is 22.3. The van der Waals surface area contributed by atoms with E-state index in [9.17, 15) is 9.90 Å². The van der Waals surface area contributed by atoms with Crippen molar-refractivity contribution in [1.29, 1.82) is 0 Å². The molecule has 0 unspecified atom stereocenters. The number of nitrogens with zero attached hydrogens (tertiary/aromatic N) is 1. The summed E-state index contributed by atoms with van der Waals surface area (Å²) in [5.41, 5.74) is 2.43. The molecule has 0 saturated carbocycles. The highest BCUT2D eigenvalue weighted by Gasteiger charge is 2.24. The lowest BCUT2D eigenvalue weighted by molar-refractivity contribution is -0.123. The minimum atomic E-state index is -0.495. The van der Waals surface area contributed by atoms with Gasteiger partial charge in [-0.05, 0) is 32.5 Å². The molecule has 116 valence electrons. The van der Waals surface area contributed by atoms with Gasteiger partial charge in [0.15, 0.2) is 0 Å². The van der Waals surface area contributed by atoms with E-state index in [1.165, 1.54) is 11.1 Å². The highest BCUT2D eigenvalue weighted by atomic mass is 16.3. The number of benzene rings is 1. The second kappa shape index (κ2) is 7.54. The molecule has 1 aliphatic heterocycles. The van der Waals surface area contributed by atoms with Crippen LogP contribution in [0.15, 0.2) is 24.3 Å². The van der Waals surface area contributed by atoms with Crippen LogP contribution in [-0.4, -0.2) is 54.7 Å². The first kappa shape index (κ1) is 15.9. The molecule has 0 bridgehead atoms. The number of likely N-dealkylation sites (N-methyl/N-ethyl adjacent to an activating group) is 1. The van der Waals surface area contributed by atoms with Crippen LogP contribution < -0.4 is 10.6 Å². The van der Waals surface area contributed by atoms with Gasteiger partial charge in [-0.25, -0.2) is 0 Å². The molecule has 0 aromatic heterocycles. The van der Waals surface area contributed by atoms with E-state index in [1.54, 1.807) is 0 Å². The number of hydrogen-bond donors (Lipinski definition) is 3. The Labute approximate surface area is 126 Å². The number of nitrogens with one attached hydrogen (secondary N) is 2. The molecule has 0 aliphatic carbocycles. The number of aliphatic hydroxyl groups is 1. The third-order valence-electron chi connectivity index (χ3n) is 3.78. The predicted octanol–water partition coefficient (Wildman–Crippen LogP) is 0.266. The maximum atomic E-state index is 12.0. The Morgan fingerprint density at radius 2 is 2.14 bits per heavy atom. The number of carbonyl (C=O) groups is 1. The fraction of sp³-hybridized carbons (Fsp3) is 0.562. The van der Waals surface area contributed by atoms with E-state index in [0.717, 1.165) is 19.5 Å². The molecule has 1 aliphatic rings.